The summed E-state index contributed by atoms with van der Waals surface area (Å²) in [4.78, 5) is 28.2. The van der Waals surface area contributed by atoms with Crippen molar-refractivity contribution in [2.24, 2.45) is 5.92 Å². The Morgan fingerprint density at radius 3 is 2.46 bits per heavy atom. The van der Waals surface area contributed by atoms with Gasteiger partial charge in [0, 0.05) is 43.5 Å². The molecule has 0 spiro atoms. The third kappa shape index (κ3) is 4.63. The molecule has 0 atom stereocenters. The fraction of sp³-hybridized carbons (Fsp3) is 0.556. The first-order valence-corrected chi connectivity index (χ1v) is 8.93. The number of carbonyl (C=O) groups is 2. The van der Waals surface area contributed by atoms with Gasteiger partial charge in [0.2, 0.25) is 11.8 Å². The summed E-state index contributed by atoms with van der Waals surface area (Å²) in [7, 11) is 0. The van der Waals surface area contributed by atoms with E-state index in [0.717, 1.165) is 30.9 Å². The van der Waals surface area contributed by atoms with Gasteiger partial charge in [-0.15, -0.1) is 0 Å². The van der Waals surface area contributed by atoms with E-state index < -0.39 is 0 Å². The third-order valence-electron chi connectivity index (χ3n) is 4.14. The number of rotatable bonds is 5. The normalized spacial score (nSPS) is 14.9. The zero-order valence-corrected chi connectivity index (χ0v) is 15.4. The minimum absolute atomic E-state index is 0.00496. The second kappa shape index (κ2) is 8.38. The van der Waals surface area contributed by atoms with Gasteiger partial charge in [-0.25, -0.2) is 0 Å². The number of hydrogen-bond acceptors (Lipinski definition) is 3. The Balaban J connectivity index is 2.09. The Morgan fingerprint density at radius 2 is 1.88 bits per heavy atom. The smallest absolute Gasteiger partial charge is 0.225 e. The molecule has 0 unspecified atom stereocenters. The van der Waals surface area contributed by atoms with Crippen LogP contribution in [0.25, 0.3) is 0 Å². The van der Waals surface area contributed by atoms with Crippen molar-refractivity contribution in [3.63, 3.8) is 0 Å². The molecule has 1 aliphatic heterocycles. The summed E-state index contributed by atoms with van der Waals surface area (Å²) in [6, 6.07) is 5.55. The lowest BCUT2D eigenvalue weighted by molar-refractivity contribution is -0.134. The molecule has 0 bridgehead atoms. The number of piperazine rings is 1. The van der Waals surface area contributed by atoms with Crippen LogP contribution in [0.5, 0.6) is 0 Å². The van der Waals surface area contributed by atoms with Gasteiger partial charge in [-0.1, -0.05) is 32.4 Å². The van der Waals surface area contributed by atoms with Gasteiger partial charge in [0.25, 0.3) is 0 Å². The molecule has 2 rings (SSSR count). The van der Waals surface area contributed by atoms with Crippen molar-refractivity contribution in [2.75, 3.05) is 36.4 Å². The van der Waals surface area contributed by atoms with Gasteiger partial charge in [0.15, 0.2) is 0 Å². The van der Waals surface area contributed by atoms with E-state index in [2.05, 4.69) is 10.2 Å². The molecular weight excluding hydrogens is 326 g/mol. The summed E-state index contributed by atoms with van der Waals surface area (Å²) < 4.78 is 0. The standard InChI is InChI=1S/C18H26ClN3O2/c1-4-5-17(23)20-15-12-14(19)6-7-16(15)21-8-10-22(11-9-21)18(24)13(2)3/h6-7,12-13H,4-5,8-11H2,1-3H3,(H,20,23). The van der Waals surface area contributed by atoms with Crippen LogP contribution in [0.2, 0.25) is 5.02 Å². The van der Waals surface area contributed by atoms with Crippen LogP contribution < -0.4 is 10.2 Å². The zero-order valence-electron chi connectivity index (χ0n) is 14.6. The lowest BCUT2D eigenvalue weighted by Crippen LogP contribution is -2.50. The molecule has 6 heteroatoms. The van der Waals surface area contributed by atoms with E-state index >= 15 is 0 Å². The summed E-state index contributed by atoms with van der Waals surface area (Å²) in [5, 5.41) is 3.55. The number of amides is 2. The topological polar surface area (TPSA) is 52.7 Å². The fourth-order valence-corrected chi connectivity index (χ4v) is 3.03. The van der Waals surface area contributed by atoms with Crippen molar-refractivity contribution in [3.05, 3.63) is 23.2 Å². The summed E-state index contributed by atoms with van der Waals surface area (Å²) in [5.41, 5.74) is 1.70. The molecule has 24 heavy (non-hydrogen) atoms. The van der Waals surface area contributed by atoms with Crippen LogP contribution in [0.4, 0.5) is 11.4 Å². The Labute approximate surface area is 149 Å². The molecule has 1 aromatic rings. The number of hydrogen-bond donors (Lipinski definition) is 1. The average molecular weight is 352 g/mol. The second-order valence-corrected chi connectivity index (χ2v) is 6.86. The maximum atomic E-state index is 12.1. The number of halogens is 1. The van der Waals surface area contributed by atoms with Crippen molar-refractivity contribution in [3.8, 4) is 0 Å². The lowest BCUT2D eigenvalue weighted by atomic mass is 10.1. The first kappa shape index (κ1) is 18.6. The highest BCUT2D eigenvalue weighted by molar-refractivity contribution is 6.31. The molecule has 0 saturated carbocycles. The van der Waals surface area contributed by atoms with Crippen LogP contribution in [0.15, 0.2) is 18.2 Å². The van der Waals surface area contributed by atoms with Gasteiger partial charge in [-0.05, 0) is 24.6 Å². The fourth-order valence-electron chi connectivity index (χ4n) is 2.86. The first-order chi connectivity index (χ1) is 11.4. The Kier molecular flexibility index (Phi) is 6.49. The number of anilines is 2. The van der Waals surface area contributed by atoms with Crippen molar-refractivity contribution in [1.29, 1.82) is 0 Å². The quantitative estimate of drug-likeness (QED) is 0.884. The van der Waals surface area contributed by atoms with E-state index in [0.29, 0.717) is 24.5 Å². The van der Waals surface area contributed by atoms with Crippen LogP contribution >= 0.6 is 11.6 Å². The molecule has 2 amide bonds. The van der Waals surface area contributed by atoms with Crippen LogP contribution in [-0.4, -0.2) is 42.9 Å². The SMILES string of the molecule is CCCC(=O)Nc1cc(Cl)ccc1N1CCN(C(=O)C(C)C)CC1. The van der Waals surface area contributed by atoms with Crippen LogP contribution in [0.1, 0.15) is 33.6 Å². The van der Waals surface area contributed by atoms with Crippen molar-refractivity contribution >= 4 is 34.8 Å². The number of carbonyl (C=O) groups excluding carboxylic acids is 2. The first-order valence-electron chi connectivity index (χ1n) is 8.55. The van der Waals surface area contributed by atoms with Gasteiger partial charge in [0.05, 0.1) is 11.4 Å². The number of nitrogens with one attached hydrogen (secondary N) is 1. The largest absolute Gasteiger partial charge is 0.366 e. The van der Waals surface area contributed by atoms with Crippen LogP contribution in [0, 0.1) is 5.92 Å². The molecule has 0 aliphatic carbocycles. The molecule has 1 heterocycles. The molecule has 1 aliphatic rings. The highest BCUT2D eigenvalue weighted by Crippen LogP contribution is 2.30. The minimum Gasteiger partial charge on any atom is -0.366 e. The molecule has 0 radical (unpaired) electrons. The Hall–Kier alpha value is -1.75. The monoisotopic (exact) mass is 351 g/mol. The van der Waals surface area contributed by atoms with E-state index in [1.807, 2.05) is 37.8 Å². The van der Waals surface area contributed by atoms with Gasteiger partial charge >= 0.3 is 0 Å². The maximum Gasteiger partial charge on any atom is 0.225 e. The number of nitrogens with zero attached hydrogens (tertiary/aromatic N) is 2. The van der Waals surface area contributed by atoms with E-state index in [1.165, 1.54) is 0 Å². The van der Waals surface area contributed by atoms with Crippen molar-refractivity contribution < 1.29 is 9.59 Å². The molecule has 1 fully saturated rings. The van der Waals surface area contributed by atoms with E-state index in [9.17, 15) is 9.59 Å². The summed E-state index contributed by atoms with van der Waals surface area (Å²) in [6.45, 7) is 8.71. The highest BCUT2D eigenvalue weighted by Gasteiger charge is 2.24. The minimum atomic E-state index is -0.00496. The van der Waals surface area contributed by atoms with E-state index in [-0.39, 0.29) is 17.7 Å². The molecule has 132 valence electrons. The zero-order chi connectivity index (χ0) is 17.7. The predicted octanol–water partition coefficient (Wildman–Crippen LogP) is 3.38. The molecule has 1 saturated heterocycles. The van der Waals surface area contributed by atoms with Crippen molar-refractivity contribution in [2.45, 2.75) is 33.6 Å². The van der Waals surface area contributed by atoms with Crippen molar-refractivity contribution in [1.82, 2.24) is 4.90 Å². The molecule has 1 aromatic carbocycles. The Bertz CT molecular complexity index is 596. The maximum absolute atomic E-state index is 12.1. The van der Waals surface area contributed by atoms with E-state index in [1.54, 1.807) is 6.07 Å². The van der Waals surface area contributed by atoms with Gasteiger partial charge in [-0.3, -0.25) is 9.59 Å². The van der Waals surface area contributed by atoms with Gasteiger partial charge in [-0.2, -0.15) is 0 Å². The predicted molar refractivity (Wildman–Crippen MR) is 98.6 cm³/mol. The average Bonchev–Trinajstić information content (AvgIpc) is 2.54. The molecular formula is C18H26ClN3O2. The lowest BCUT2D eigenvalue weighted by Gasteiger charge is -2.37. The number of benzene rings is 1. The third-order valence-corrected chi connectivity index (χ3v) is 4.37. The highest BCUT2D eigenvalue weighted by atomic mass is 35.5. The molecule has 5 nitrogen and oxygen atoms in total. The van der Waals surface area contributed by atoms with Crippen LogP contribution in [-0.2, 0) is 9.59 Å². The molecule has 0 aromatic heterocycles. The van der Waals surface area contributed by atoms with E-state index in [4.69, 9.17) is 11.6 Å². The Morgan fingerprint density at radius 1 is 1.21 bits per heavy atom. The van der Waals surface area contributed by atoms with Gasteiger partial charge < -0.3 is 15.1 Å². The summed E-state index contributed by atoms with van der Waals surface area (Å²) >= 11 is 6.09. The van der Waals surface area contributed by atoms with Crippen LogP contribution in [0.3, 0.4) is 0 Å². The van der Waals surface area contributed by atoms with Gasteiger partial charge in [0.1, 0.15) is 0 Å². The second-order valence-electron chi connectivity index (χ2n) is 6.43. The summed E-state index contributed by atoms with van der Waals surface area (Å²) in [6.07, 6.45) is 1.29. The molecule has 1 N–H and O–H groups in total. The summed E-state index contributed by atoms with van der Waals surface area (Å²) in [5.74, 6) is 0.216.